The summed E-state index contributed by atoms with van der Waals surface area (Å²) >= 11 is 0. The third-order valence-electron chi connectivity index (χ3n) is 7.63. The lowest BCUT2D eigenvalue weighted by Gasteiger charge is -2.35. The molecule has 216 valence electrons. The van der Waals surface area contributed by atoms with Gasteiger partial charge >= 0.3 is 5.97 Å². The Hall–Kier alpha value is -3.53. The van der Waals surface area contributed by atoms with Gasteiger partial charge in [0.15, 0.2) is 0 Å². The van der Waals surface area contributed by atoms with Crippen LogP contribution in [0.2, 0.25) is 0 Å². The summed E-state index contributed by atoms with van der Waals surface area (Å²) in [5.41, 5.74) is 4.84. The maximum Gasteiger partial charge on any atom is 0.325 e. The van der Waals surface area contributed by atoms with Gasteiger partial charge in [0.2, 0.25) is 11.8 Å². The van der Waals surface area contributed by atoms with Gasteiger partial charge in [-0.2, -0.15) is 0 Å². The number of esters is 1. The summed E-state index contributed by atoms with van der Waals surface area (Å²) in [4.78, 5) is 56.5. The molecule has 2 aliphatic rings. The molecule has 40 heavy (non-hydrogen) atoms. The first kappa shape index (κ1) is 29.5. The van der Waals surface area contributed by atoms with Crippen molar-refractivity contribution in [3.63, 3.8) is 0 Å². The van der Waals surface area contributed by atoms with Gasteiger partial charge in [0.05, 0.1) is 0 Å². The van der Waals surface area contributed by atoms with Crippen LogP contribution in [0, 0.1) is 5.92 Å². The summed E-state index contributed by atoms with van der Waals surface area (Å²) in [6.45, 7) is 7.56. The average molecular weight is 552 g/mol. The van der Waals surface area contributed by atoms with Crippen LogP contribution in [-0.4, -0.2) is 58.4 Å². The van der Waals surface area contributed by atoms with Crippen molar-refractivity contribution in [3.8, 4) is 0 Å². The Balaban J connectivity index is 1.55. The number of benzene rings is 1. The van der Waals surface area contributed by atoms with Crippen molar-refractivity contribution in [2.75, 3.05) is 6.54 Å². The molecule has 0 spiro atoms. The van der Waals surface area contributed by atoms with Gasteiger partial charge < -0.3 is 15.4 Å². The van der Waals surface area contributed by atoms with E-state index in [1.807, 2.05) is 45.2 Å². The highest BCUT2D eigenvalue weighted by molar-refractivity contribution is 5.92. The Morgan fingerprint density at radius 3 is 2.50 bits per heavy atom. The fourth-order valence-electron chi connectivity index (χ4n) is 5.18. The number of rotatable bonds is 1. The highest BCUT2D eigenvalue weighted by Crippen LogP contribution is 2.24. The number of nitrogens with one attached hydrogen (secondary N) is 3. The monoisotopic (exact) mass is 551 g/mol. The Morgan fingerprint density at radius 1 is 0.950 bits per heavy atom. The molecule has 10 heteroatoms. The van der Waals surface area contributed by atoms with Crippen molar-refractivity contribution >= 4 is 34.5 Å². The van der Waals surface area contributed by atoms with Crippen LogP contribution < -0.4 is 16.1 Å². The number of pyridine rings is 1. The number of fused-ring (bicyclic) bond motifs is 4. The molecular formula is C30H41N5O5. The number of cyclic esters (lactones) is 1. The van der Waals surface area contributed by atoms with Gasteiger partial charge in [-0.3, -0.25) is 29.2 Å². The van der Waals surface area contributed by atoms with Gasteiger partial charge in [-0.05, 0) is 75.0 Å². The maximum absolute atomic E-state index is 13.2. The van der Waals surface area contributed by atoms with Crippen molar-refractivity contribution in [2.24, 2.45) is 5.92 Å². The number of amides is 3. The predicted molar refractivity (Wildman–Crippen MR) is 151 cm³/mol. The second-order valence-corrected chi connectivity index (χ2v) is 11.3. The standard InChI is InChI=1S/C30H41N5O5/c1-18(2)27-28(37)32-19(3)29(38)35-14-8-10-25(34-35)30(39)40-20(4)21-12-13-22-17-31-24(16-23(22)15-21)9-6-5-7-11-26(36)33-27/h12-13,15-20,25,27,34H,5-11,14H2,1-4H3,(H,32,37)(H,33,36)/t19-,20?,25-,27-/m0/s1. The number of hydrazine groups is 1. The van der Waals surface area contributed by atoms with Gasteiger partial charge in [0.25, 0.3) is 5.91 Å². The number of ether oxygens (including phenoxy) is 1. The summed E-state index contributed by atoms with van der Waals surface area (Å²) in [5, 5.41) is 9.01. The summed E-state index contributed by atoms with van der Waals surface area (Å²) in [6.07, 6.45) is 6.09. The first-order valence-electron chi connectivity index (χ1n) is 14.4. The number of aromatic nitrogens is 1. The molecule has 0 radical (unpaired) electrons. The van der Waals surface area contributed by atoms with Gasteiger partial charge in [0.1, 0.15) is 24.2 Å². The second-order valence-electron chi connectivity index (χ2n) is 11.3. The molecule has 4 atom stereocenters. The molecule has 0 aliphatic carbocycles. The molecule has 3 N–H and O–H groups in total. The summed E-state index contributed by atoms with van der Waals surface area (Å²) < 4.78 is 5.81. The van der Waals surface area contributed by atoms with E-state index in [0.29, 0.717) is 32.2 Å². The lowest BCUT2D eigenvalue weighted by atomic mass is 10.0. The van der Waals surface area contributed by atoms with Gasteiger partial charge in [-0.25, -0.2) is 5.43 Å². The average Bonchev–Trinajstić information content (AvgIpc) is 2.94. The minimum absolute atomic E-state index is 0.158. The summed E-state index contributed by atoms with van der Waals surface area (Å²) in [5.74, 6) is -1.54. The molecule has 4 rings (SSSR count). The Morgan fingerprint density at radius 2 is 1.73 bits per heavy atom. The number of hydrogen-bond donors (Lipinski definition) is 3. The molecule has 1 aromatic carbocycles. The normalized spacial score (nSPS) is 26.1. The van der Waals surface area contributed by atoms with Crippen LogP contribution in [0.15, 0.2) is 30.5 Å². The first-order valence-corrected chi connectivity index (χ1v) is 14.4. The van der Waals surface area contributed by atoms with E-state index in [2.05, 4.69) is 27.1 Å². The van der Waals surface area contributed by atoms with Crippen molar-refractivity contribution in [3.05, 3.63) is 41.7 Å². The van der Waals surface area contributed by atoms with Crippen molar-refractivity contribution in [2.45, 2.75) is 96.9 Å². The zero-order valence-electron chi connectivity index (χ0n) is 23.9. The van der Waals surface area contributed by atoms with E-state index < -0.39 is 36.1 Å². The topological polar surface area (TPSA) is 130 Å². The van der Waals surface area contributed by atoms with Crippen LogP contribution in [0.4, 0.5) is 0 Å². The number of carbonyl (C=O) groups excluding carboxylic acids is 4. The first-order chi connectivity index (χ1) is 19.1. The molecule has 1 aromatic heterocycles. The van der Waals surface area contributed by atoms with E-state index in [4.69, 9.17) is 4.74 Å². The molecule has 0 saturated carbocycles. The Labute approximate surface area is 235 Å². The SMILES string of the molecule is CC1OC(=O)[C@@H]2CCCN(N2)C(=O)[C@H](C)NC(=O)[C@H](C(C)C)NC(=O)CCCCCc2cc3cc1ccc3cn2. The van der Waals surface area contributed by atoms with Crippen LogP contribution in [-0.2, 0) is 30.3 Å². The van der Waals surface area contributed by atoms with E-state index in [0.717, 1.165) is 41.3 Å². The molecule has 10 nitrogen and oxygen atoms in total. The van der Waals surface area contributed by atoms with Gasteiger partial charge in [-0.15, -0.1) is 0 Å². The third-order valence-corrected chi connectivity index (χ3v) is 7.63. The second kappa shape index (κ2) is 13.2. The fourth-order valence-corrected chi connectivity index (χ4v) is 5.18. The molecular weight excluding hydrogens is 510 g/mol. The zero-order valence-corrected chi connectivity index (χ0v) is 23.9. The highest BCUT2D eigenvalue weighted by Gasteiger charge is 2.33. The quantitative estimate of drug-likeness (QED) is 0.465. The van der Waals surface area contributed by atoms with Crippen molar-refractivity contribution in [1.82, 2.24) is 26.1 Å². The minimum atomic E-state index is -0.844. The lowest BCUT2D eigenvalue weighted by Crippen LogP contribution is -2.61. The molecule has 3 heterocycles. The van der Waals surface area contributed by atoms with E-state index in [9.17, 15) is 19.2 Å². The Kier molecular flexibility index (Phi) is 9.73. The van der Waals surface area contributed by atoms with Gasteiger partial charge in [-0.1, -0.05) is 32.4 Å². The fraction of sp³-hybridized carbons (Fsp3) is 0.567. The zero-order chi connectivity index (χ0) is 28.8. The van der Waals surface area contributed by atoms with Crippen molar-refractivity contribution in [1.29, 1.82) is 0 Å². The lowest BCUT2D eigenvalue weighted by molar-refractivity contribution is -0.157. The van der Waals surface area contributed by atoms with Crippen LogP contribution in [0.5, 0.6) is 0 Å². The van der Waals surface area contributed by atoms with Crippen molar-refractivity contribution < 1.29 is 23.9 Å². The molecule has 2 aromatic rings. The number of aryl methyl sites for hydroxylation is 1. The van der Waals surface area contributed by atoms with Crippen LogP contribution >= 0.6 is 0 Å². The van der Waals surface area contributed by atoms with Gasteiger partial charge in [0, 0.05) is 30.2 Å². The largest absolute Gasteiger partial charge is 0.457 e. The Bertz CT molecular complexity index is 1250. The summed E-state index contributed by atoms with van der Waals surface area (Å²) in [6, 6.07) is 5.73. The molecule has 1 saturated heterocycles. The molecule has 3 amide bonds. The van der Waals surface area contributed by atoms with E-state index >= 15 is 0 Å². The number of carbonyl (C=O) groups is 4. The van der Waals surface area contributed by atoms with E-state index in [-0.39, 0.29) is 17.7 Å². The van der Waals surface area contributed by atoms with E-state index in [1.165, 1.54) is 5.01 Å². The maximum atomic E-state index is 13.2. The molecule has 2 aliphatic heterocycles. The molecule has 1 unspecified atom stereocenters. The van der Waals surface area contributed by atoms with Crippen LogP contribution in [0.3, 0.4) is 0 Å². The third kappa shape index (κ3) is 7.35. The van der Waals surface area contributed by atoms with Crippen LogP contribution in [0.25, 0.3) is 10.8 Å². The van der Waals surface area contributed by atoms with Crippen LogP contribution in [0.1, 0.15) is 83.6 Å². The summed E-state index contributed by atoms with van der Waals surface area (Å²) in [7, 11) is 0. The van der Waals surface area contributed by atoms with E-state index in [1.54, 1.807) is 6.92 Å². The molecule has 5 bridgehead atoms. The molecule has 1 fully saturated rings. The minimum Gasteiger partial charge on any atom is -0.457 e. The predicted octanol–water partition coefficient (Wildman–Crippen LogP) is 3.10. The smallest absolute Gasteiger partial charge is 0.325 e. The highest BCUT2D eigenvalue weighted by atomic mass is 16.5. The number of nitrogens with zero attached hydrogens (tertiary/aromatic N) is 2. The number of hydrogen-bond acceptors (Lipinski definition) is 7.